The van der Waals surface area contributed by atoms with Gasteiger partial charge in [-0.25, -0.2) is 0 Å². The Hall–Kier alpha value is -1.01. The molecular formula is C12H21N3O2S. The summed E-state index contributed by atoms with van der Waals surface area (Å²) in [6.45, 7) is 1.88. The molecule has 0 spiro atoms. The van der Waals surface area contributed by atoms with E-state index in [1.165, 1.54) is 0 Å². The van der Waals surface area contributed by atoms with Gasteiger partial charge in [0.1, 0.15) is 5.60 Å². The molecule has 1 aromatic rings. The second-order valence-electron chi connectivity index (χ2n) is 4.55. The highest BCUT2D eigenvalue weighted by molar-refractivity contribution is 7.98. The number of rotatable bonds is 7. The van der Waals surface area contributed by atoms with Gasteiger partial charge in [-0.2, -0.15) is 16.9 Å². The molecule has 0 saturated heterocycles. The predicted octanol–water partition coefficient (Wildman–Crippen LogP) is 0.887. The van der Waals surface area contributed by atoms with E-state index < -0.39 is 5.60 Å². The molecule has 18 heavy (non-hydrogen) atoms. The van der Waals surface area contributed by atoms with E-state index in [2.05, 4.69) is 10.4 Å². The Balaban J connectivity index is 2.39. The summed E-state index contributed by atoms with van der Waals surface area (Å²) < 4.78 is 1.63. The normalized spacial score (nSPS) is 14.2. The van der Waals surface area contributed by atoms with Crippen molar-refractivity contribution in [2.75, 3.05) is 18.6 Å². The van der Waals surface area contributed by atoms with E-state index in [0.29, 0.717) is 12.0 Å². The molecule has 0 aromatic carbocycles. The van der Waals surface area contributed by atoms with E-state index in [1.807, 2.05) is 6.26 Å². The van der Waals surface area contributed by atoms with Crippen LogP contribution in [0.25, 0.3) is 0 Å². The Labute approximate surface area is 112 Å². The van der Waals surface area contributed by atoms with Crippen LogP contribution < -0.4 is 5.32 Å². The fraction of sp³-hybridized carbons (Fsp3) is 0.667. The first-order chi connectivity index (χ1) is 8.45. The third-order valence-corrected chi connectivity index (χ3v) is 3.41. The summed E-state index contributed by atoms with van der Waals surface area (Å²) >= 11 is 1.73. The molecule has 0 aliphatic heterocycles. The largest absolute Gasteiger partial charge is 0.383 e. The van der Waals surface area contributed by atoms with Gasteiger partial charge in [-0.15, -0.1) is 0 Å². The minimum absolute atomic E-state index is 0.0202. The van der Waals surface area contributed by atoms with Crippen molar-refractivity contribution >= 4 is 17.7 Å². The van der Waals surface area contributed by atoms with Crippen LogP contribution in [0.3, 0.4) is 0 Å². The molecule has 0 aliphatic rings. The first kappa shape index (κ1) is 15.0. The summed E-state index contributed by atoms with van der Waals surface area (Å²) in [6, 6.07) is 0. The number of hydrogen-bond acceptors (Lipinski definition) is 4. The van der Waals surface area contributed by atoms with Crippen molar-refractivity contribution < 1.29 is 9.90 Å². The van der Waals surface area contributed by atoms with E-state index in [-0.39, 0.29) is 12.5 Å². The molecular weight excluding hydrogens is 250 g/mol. The van der Waals surface area contributed by atoms with Crippen LogP contribution in [-0.2, 0) is 17.4 Å². The SMILES string of the molecule is CSCCCC(=O)NCC(C)(O)c1cnn(C)c1. The minimum atomic E-state index is -1.08. The Morgan fingerprint density at radius 2 is 2.39 bits per heavy atom. The van der Waals surface area contributed by atoms with Crippen molar-refractivity contribution in [1.82, 2.24) is 15.1 Å². The van der Waals surface area contributed by atoms with Gasteiger partial charge in [-0.3, -0.25) is 9.48 Å². The number of carbonyl (C=O) groups excluding carboxylic acids is 1. The van der Waals surface area contributed by atoms with E-state index in [9.17, 15) is 9.90 Å². The van der Waals surface area contributed by atoms with Crippen LogP contribution in [0.4, 0.5) is 0 Å². The third kappa shape index (κ3) is 4.70. The van der Waals surface area contributed by atoms with Crippen molar-refractivity contribution in [3.05, 3.63) is 18.0 Å². The Bertz CT molecular complexity index is 390. The van der Waals surface area contributed by atoms with Gasteiger partial charge in [0.15, 0.2) is 0 Å². The highest BCUT2D eigenvalue weighted by Gasteiger charge is 2.25. The molecule has 5 nitrogen and oxygen atoms in total. The number of aliphatic hydroxyl groups is 1. The monoisotopic (exact) mass is 271 g/mol. The number of aromatic nitrogens is 2. The molecule has 0 radical (unpaired) electrons. The zero-order chi connectivity index (χ0) is 13.6. The maximum atomic E-state index is 11.5. The van der Waals surface area contributed by atoms with E-state index in [4.69, 9.17) is 0 Å². The summed E-state index contributed by atoms with van der Waals surface area (Å²) in [5, 5.41) is 17.0. The summed E-state index contributed by atoms with van der Waals surface area (Å²) in [5.74, 6) is 0.958. The molecule has 6 heteroatoms. The van der Waals surface area contributed by atoms with E-state index in [1.54, 1.807) is 42.8 Å². The molecule has 0 bridgehead atoms. The number of hydrogen-bond donors (Lipinski definition) is 2. The number of aryl methyl sites for hydroxylation is 1. The predicted molar refractivity (Wildman–Crippen MR) is 73.4 cm³/mol. The quantitative estimate of drug-likeness (QED) is 0.723. The maximum absolute atomic E-state index is 11.5. The van der Waals surface area contributed by atoms with Crippen molar-refractivity contribution in [2.24, 2.45) is 7.05 Å². The van der Waals surface area contributed by atoms with Gasteiger partial charge in [0.25, 0.3) is 0 Å². The lowest BCUT2D eigenvalue weighted by Gasteiger charge is -2.22. The van der Waals surface area contributed by atoms with Gasteiger partial charge in [-0.05, 0) is 25.4 Å². The zero-order valence-corrected chi connectivity index (χ0v) is 12.0. The van der Waals surface area contributed by atoms with Crippen molar-refractivity contribution in [3.8, 4) is 0 Å². The first-order valence-electron chi connectivity index (χ1n) is 5.93. The molecule has 2 N–H and O–H groups in total. The van der Waals surface area contributed by atoms with E-state index in [0.717, 1.165) is 12.2 Å². The minimum Gasteiger partial charge on any atom is -0.383 e. The van der Waals surface area contributed by atoms with Gasteiger partial charge in [0.2, 0.25) is 5.91 Å². The fourth-order valence-electron chi connectivity index (χ4n) is 1.54. The summed E-state index contributed by atoms with van der Waals surface area (Å²) in [4.78, 5) is 11.5. The van der Waals surface area contributed by atoms with Crippen LogP contribution in [0.1, 0.15) is 25.3 Å². The second-order valence-corrected chi connectivity index (χ2v) is 5.54. The average molecular weight is 271 g/mol. The van der Waals surface area contributed by atoms with Gasteiger partial charge in [0.05, 0.1) is 12.7 Å². The average Bonchev–Trinajstić information content (AvgIpc) is 2.75. The highest BCUT2D eigenvalue weighted by atomic mass is 32.2. The Morgan fingerprint density at radius 3 is 2.94 bits per heavy atom. The Morgan fingerprint density at radius 1 is 1.67 bits per heavy atom. The van der Waals surface area contributed by atoms with E-state index >= 15 is 0 Å². The molecule has 1 rings (SSSR count). The molecule has 0 saturated carbocycles. The van der Waals surface area contributed by atoms with Gasteiger partial charge in [0, 0.05) is 25.2 Å². The number of thioether (sulfide) groups is 1. The summed E-state index contributed by atoms with van der Waals surface area (Å²) in [5.41, 5.74) is -0.377. The molecule has 1 amide bonds. The van der Waals surface area contributed by atoms with Gasteiger partial charge < -0.3 is 10.4 Å². The van der Waals surface area contributed by atoms with Crippen LogP contribution in [0, 0.1) is 0 Å². The zero-order valence-electron chi connectivity index (χ0n) is 11.1. The Kier molecular flexibility index (Phi) is 5.68. The lowest BCUT2D eigenvalue weighted by atomic mass is 10.00. The highest BCUT2D eigenvalue weighted by Crippen LogP contribution is 2.18. The van der Waals surface area contributed by atoms with Crippen LogP contribution in [0.15, 0.2) is 12.4 Å². The summed E-state index contributed by atoms with van der Waals surface area (Å²) in [6.07, 6.45) is 6.75. The van der Waals surface area contributed by atoms with Crippen molar-refractivity contribution in [3.63, 3.8) is 0 Å². The molecule has 1 aromatic heterocycles. The summed E-state index contributed by atoms with van der Waals surface area (Å²) in [7, 11) is 1.79. The van der Waals surface area contributed by atoms with Crippen LogP contribution in [-0.4, -0.2) is 39.3 Å². The third-order valence-electron chi connectivity index (χ3n) is 2.71. The number of nitrogens with zero attached hydrogens (tertiary/aromatic N) is 2. The molecule has 1 unspecified atom stereocenters. The smallest absolute Gasteiger partial charge is 0.220 e. The number of nitrogens with one attached hydrogen (secondary N) is 1. The van der Waals surface area contributed by atoms with Gasteiger partial charge >= 0.3 is 0 Å². The van der Waals surface area contributed by atoms with Crippen LogP contribution in [0.2, 0.25) is 0 Å². The lowest BCUT2D eigenvalue weighted by Crippen LogP contribution is -2.38. The molecule has 0 aliphatic carbocycles. The second kappa shape index (κ2) is 6.80. The molecule has 102 valence electrons. The number of carbonyl (C=O) groups is 1. The van der Waals surface area contributed by atoms with Crippen LogP contribution >= 0.6 is 11.8 Å². The fourth-order valence-corrected chi connectivity index (χ4v) is 1.97. The number of amides is 1. The maximum Gasteiger partial charge on any atom is 0.220 e. The molecule has 1 heterocycles. The first-order valence-corrected chi connectivity index (χ1v) is 7.32. The topological polar surface area (TPSA) is 67.2 Å². The standard InChI is InChI=1S/C12H21N3O2S/c1-12(17,10-7-14-15(2)8-10)9-13-11(16)5-4-6-18-3/h7-8,17H,4-6,9H2,1-3H3,(H,13,16). The molecule has 0 fully saturated rings. The van der Waals surface area contributed by atoms with Crippen molar-refractivity contribution in [2.45, 2.75) is 25.4 Å². The van der Waals surface area contributed by atoms with Gasteiger partial charge in [-0.1, -0.05) is 0 Å². The molecule has 1 atom stereocenters. The van der Waals surface area contributed by atoms with Crippen molar-refractivity contribution in [1.29, 1.82) is 0 Å². The lowest BCUT2D eigenvalue weighted by molar-refractivity contribution is -0.122. The van der Waals surface area contributed by atoms with Crippen LogP contribution in [0.5, 0.6) is 0 Å².